The molecule has 0 aromatic heterocycles. The lowest BCUT2D eigenvalue weighted by molar-refractivity contribution is -0.161. The zero-order valence-electron chi connectivity index (χ0n) is 48.4. The van der Waals surface area contributed by atoms with Crippen LogP contribution in [0, 0.1) is 0 Å². The number of allylic oxidation sites excluding steroid dienone is 30. The molecule has 0 saturated carbocycles. The van der Waals surface area contributed by atoms with Crippen LogP contribution in [0.25, 0.3) is 0 Å². The van der Waals surface area contributed by atoms with Crippen molar-refractivity contribution in [3.63, 3.8) is 0 Å². The Hall–Kier alpha value is -5.00. The van der Waals surface area contributed by atoms with Gasteiger partial charge in [0.1, 0.15) is 6.61 Å². The number of esters is 2. The lowest BCUT2D eigenvalue weighted by Gasteiger charge is -2.15. The van der Waals surface area contributed by atoms with Crippen molar-refractivity contribution in [2.24, 2.45) is 0 Å². The van der Waals surface area contributed by atoms with Gasteiger partial charge >= 0.3 is 11.9 Å². The molecule has 0 aliphatic carbocycles. The van der Waals surface area contributed by atoms with E-state index in [0.29, 0.717) is 12.8 Å². The van der Waals surface area contributed by atoms with Crippen molar-refractivity contribution in [1.29, 1.82) is 0 Å². The zero-order valence-corrected chi connectivity index (χ0v) is 48.4. The van der Waals surface area contributed by atoms with E-state index in [9.17, 15) is 14.7 Å². The highest BCUT2D eigenvalue weighted by Gasteiger charge is 2.16. The number of hydrogen-bond acceptors (Lipinski definition) is 5. The Morgan fingerprint density at radius 3 is 0.789 bits per heavy atom. The van der Waals surface area contributed by atoms with Gasteiger partial charge in [0.05, 0.1) is 6.61 Å². The second-order valence-corrected chi connectivity index (χ2v) is 19.3. The topological polar surface area (TPSA) is 72.8 Å². The molecule has 1 atom stereocenters. The number of aliphatic hydroxyl groups excluding tert-OH is 1. The average molecular weight is 1040 g/mol. The number of unbranched alkanes of at least 4 members (excludes halogenated alkanes) is 15. The van der Waals surface area contributed by atoms with Gasteiger partial charge in [0.15, 0.2) is 6.10 Å². The monoisotopic (exact) mass is 1040 g/mol. The summed E-state index contributed by atoms with van der Waals surface area (Å²) in [5, 5.41) is 9.67. The van der Waals surface area contributed by atoms with E-state index in [4.69, 9.17) is 9.47 Å². The fraction of sp³-hybridized carbons (Fsp3) is 0.549. The van der Waals surface area contributed by atoms with Gasteiger partial charge in [-0.05, 0) is 135 Å². The first-order valence-corrected chi connectivity index (χ1v) is 30.3. The molecule has 0 heterocycles. The molecule has 0 aliphatic heterocycles. The second kappa shape index (κ2) is 64.3. The summed E-state index contributed by atoms with van der Waals surface area (Å²) in [4.78, 5) is 24.6. The van der Waals surface area contributed by atoms with Gasteiger partial charge < -0.3 is 14.6 Å². The van der Waals surface area contributed by atoms with E-state index < -0.39 is 6.10 Å². The molecule has 0 rings (SSSR count). The van der Waals surface area contributed by atoms with Crippen LogP contribution < -0.4 is 0 Å². The largest absolute Gasteiger partial charge is 0.462 e. The predicted molar refractivity (Wildman–Crippen MR) is 333 cm³/mol. The normalized spacial score (nSPS) is 13.6. The molecule has 1 N–H and O–H groups in total. The molecule has 0 radical (unpaired) electrons. The fourth-order valence-corrected chi connectivity index (χ4v) is 7.73. The number of carbonyl (C=O) groups excluding carboxylic acids is 2. The summed E-state index contributed by atoms with van der Waals surface area (Å²) in [5.41, 5.74) is 0. The predicted octanol–water partition coefficient (Wildman–Crippen LogP) is 21.1. The first-order chi connectivity index (χ1) is 37.6. The van der Waals surface area contributed by atoms with Gasteiger partial charge in [-0.15, -0.1) is 0 Å². The molecule has 0 spiro atoms. The summed E-state index contributed by atoms with van der Waals surface area (Å²) < 4.78 is 10.7. The molecule has 0 aromatic carbocycles. The van der Waals surface area contributed by atoms with Crippen LogP contribution in [0.3, 0.4) is 0 Å². The molecule has 5 heteroatoms. The molecule has 0 fully saturated rings. The average Bonchev–Trinajstić information content (AvgIpc) is 3.42. The second-order valence-electron chi connectivity index (χ2n) is 19.3. The standard InChI is InChI=1S/C71H110O5/c1-3-5-7-9-11-13-15-17-19-21-23-25-27-29-31-32-33-34-35-36-37-38-40-42-44-46-48-50-52-54-56-58-60-62-64-66-71(74)76-69(67-72)68-75-70(73)65-63-61-59-57-55-53-51-49-47-45-43-41-39-30-28-26-24-22-20-18-16-14-12-10-8-6-4-2/h5-8,11-14,17-20,23-26,29-31,33-34,36-37,39-40,42-43,45-46,48,69,72H,3-4,9-10,15-16,21-22,27-28,32,35,38,41,44,47,49-68H2,1-2H3/b7-5-,8-6-,13-11-,14-12-,19-17-,20-18-,25-23-,26-24-,31-29-,34-33-,37-36-,39-30-,42-40-,45-43-,48-46-. The molecule has 0 bridgehead atoms. The lowest BCUT2D eigenvalue weighted by Crippen LogP contribution is -2.28. The Balaban J connectivity index is 3.64. The van der Waals surface area contributed by atoms with Gasteiger partial charge in [-0.1, -0.05) is 267 Å². The van der Waals surface area contributed by atoms with E-state index >= 15 is 0 Å². The first-order valence-electron chi connectivity index (χ1n) is 30.3. The summed E-state index contributed by atoms with van der Waals surface area (Å²) in [6, 6.07) is 0. The van der Waals surface area contributed by atoms with Crippen LogP contribution in [0.1, 0.15) is 232 Å². The minimum absolute atomic E-state index is 0.0873. The highest BCUT2D eigenvalue weighted by atomic mass is 16.6. The van der Waals surface area contributed by atoms with Crippen LogP contribution in [0.2, 0.25) is 0 Å². The van der Waals surface area contributed by atoms with Crippen LogP contribution in [0.4, 0.5) is 0 Å². The summed E-state index contributed by atoms with van der Waals surface area (Å²) in [7, 11) is 0. The maximum Gasteiger partial charge on any atom is 0.306 e. The lowest BCUT2D eigenvalue weighted by atomic mass is 10.1. The van der Waals surface area contributed by atoms with E-state index in [2.05, 4.69) is 196 Å². The van der Waals surface area contributed by atoms with Gasteiger partial charge in [0.2, 0.25) is 0 Å². The third-order valence-electron chi connectivity index (χ3n) is 12.2. The van der Waals surface area contributed by atoms with E-state index in [-0.39, 0.29) is 25.2 Å². The van der Waals surface area contributed by atoms with Crippen LogP contribution in [-0.4, -0.2) is 36.4 Å². The molecule has 0 saturated heterocycles. The van der Waals surface area contributed by atoms with Gasteiger partial charge in [-0.3, -0.25) is 9.59 Å². The molecule has 5 nitrogen and oxygen atoms in total. The number of hydrogen-bond donors (Lipinski definition) is 1. The molecular weight excluding hydrogens is 933 g/mol. The Bertz CT molecular complexity index is 1750. The molecule has 0 aromatic rings. The quantitative estimate of drug-likeness (QED) is 0.0373. The molecule has 76 heavy (non-hydrogen) atoms. The summed E-state index contributed by atoms with van der Waals surface area (Å²) in [5.74, 6) is -0.626. The van der Waals surface area contributed by atoms with Gasteiger partial charge in [0.25, 0.3) is 0 Å². The number of rotatable bonds is 53. The Morgan fingerprint density at radius 2 is 0.526 bits per heavy atom. The van der Waals surface area contributed by atoms with Gasteiger partial charge in [-0.25, -0.2) is 0 Å². The summed E-state index contributed by atoms with van der Waals surface area (Å²) >= 11 is 0. The number of aliphatic hydroxyl groups is 1. The first kappa shape index (κ1) is 71.0. The van der Waals surface area contributed by atoms with Crippen molar-refractivity contribution in [1.82, 2.24) is 0 Å². The summed E-state index contributed by atoms with van der Waals surface area (Å²) in [6.45, 7) is 3.89. The minimum Gasteiger partial charge on any atom is -0.462 e. The fourth-order valence-electron chi connectivity index (χ4n) is 7.73. The summed E-state index contributed by atoms with van der Waals surface area (Å²) in [6.07, 6.45) is 101. The number of carbonyl (C=O) groups is 2. The third-order valence-corrected chi connectivity index (χ3v) is 12.2. The van der Waals surface area contributed by atoms with Crippen LogP contribution in [-0.2, 0) is 19.1 Å². The minimum atomic E-state index is -0.798. The maximum absolute atomic E-state index is 12.3. The van der Waals surface area contributed by atoms with E-state index in [1.165, 1.54) is 57.8 Å². The smallest absolute Gasteiger partial charge is 0.306 e. The molecule has 1 unspecified atom stereocenters. The molecule has 424 valence electrons. The van der Waals surface area contributed by atoms with E-state index in [0.717, 1.165) is 148 Å². The van der Waals surface area contributed by atoms with E-state index in [1.54, 1.807) is 0 Å². The van der Waals surface area contributed by atoms with Crippen molar-refractivity contribution in [3.05, 3.63) is 182 Å². The Morgan fingerprint density at radius 1 is 0.303 bits per heavy atom. The van der Waals surface area contributed by atoms with Gasteiger partial charge in [0, 0.05) is 12.8 Å². The van der Waals surface area contributed by atoms with Crippen molar-refractivity contribution < 1.29 is 24.2 Å². The van der Waals surface area contributed by atoms with Crippen LogP contribution in [0.5, 0.6) is 0 Å². The maximum atomic E-state index is 12.3. The van der Waals surface area contributed by atoms with Crippen molar-refractivity contribution in [2.75, 3.05) is 13.2 Å². The van der Waals surface area contributed by atoms with E-state index in [1.807, 2.05) is 0 Å². The molecular formula is C71H110O5. The SMILES string of the molecule is CC/C=C\C/C=C\C/C=C\C/C=C\C/C=C\C/C=C\C/C=C\C/C=C\C/C=C\CCCCCCCCCC(=O)OC(CO)COC(=O)CCCCCCCCCC/C=C\C/C=C\C/C=C\C/C=C\C/C=C\C/C=C\CC. The van der Waals surface area contributed by atoms with Crippen molar-refractivity contribution in [2.45, 2.75) is 238 Å². The zero-order chi connectivity index (χ0) is 54.8. The highest BCUT2D eigenvalue weighted by molar-refractivity contribution is 5.70. The van der Waals surface area contributed by atoms with Crippen LogP contribution in [0.15, 0.2) is 182 Å². The van der Waals surface area contributed by atoms with Crippen molar-refractivity contribution in [3.8, 4) is 0 Å². The molecule has 0 aliphatic rings. The van der Waals surface area contributed by atoms with Gasteiger partial charge in [-0.2, -0.15) is 0 Å². The van der Waals surface area contributed by atoms with Crippen LogP contribution >= 0.6 is 0 Å². The highest BCUT2D eigenvalue weighted by Crippen LogP contribution is 2.14. The molecule has 0 amide bonds. The Kier molecular flexibility index (Phi) is 60.1. The third kappa shape index (κ3) is 61.5. The number of ether oxygens (including phenoxy) is 2. The Labute approximate surface area is 467 Å². The van der Waals surface area contributed by atoms with Crippen molar-refractivity contribution >= 4 is 11.9 Å².